The predicted molar refractivity (Wildman–Crippen MR) is 135 cm³/mol. The van der Waals surface area contributed by atoms with Crippen molar-refractivity contribution in [2.24, 2.45) is 0 Å². The van der Waals surface area contributed by atoms with Crippen LogP contribution in [0.2, 0.25) is 10.0 Å². The molecule has 2 unspecified atom stereocenters. The van der Waals surface area contributed by atoms with Gasteiger partial charge >= 0.3 is 0 Å². The standard InChI is InChI=1S/C24H22Cl2F2N4O5S/c25-12-2-3-13(23(36)31-4-1-5-31)18(8-12)38-24-22(35)20(21(34)17(10-33)37-24)32-9-16(29-30-32)11-6-14(27)19(26)15(28)7-11/h2-3,6-9,17,20-22,24,33-35H,1,4-5,10H2/t17?,20?,21-,22-,24+/m0/s1. The van der Waals surface area contributed by atoms with Crippen LogP contribution in [0.1, 0.15) is 22.8 Å². The number of carbonyl (C=O) groups is 1. The molecule has 1 amide bonds. The molecule has 14 heteroatoms. The first kappa shape index (κ1) is 27.3. The quantitative estimate of drug-likeness (QED) is 0.377. The molecule has 0 aliphatic carbocycles. The van der Waals surface area contributed by atoms with Crippen molar-refractivity contribution in [3.63, 3.8) is 0 Å². The van der Waals surface area contributed by atoms with Gasteiger partial charge in [0.25, 0.3) is 5.91 Å². The van der Waals surface area contributed by atoms with E-state index in [1.165, 1.54) is 6.20 Å². The van der Waals surface area contributed by atoms with Gasteiger partial charge in [0.1, 0.15) is 52.1 Å². The first-order valence-corrected chi connectivity index (χ1v) is 13.3. The van der Waals surface area contributed by atoms with Crippen LogP contribution in [0.15, 0.2) is 41.4 Å². The Bertz CT molecular complexity index is 1340. The van der Waals surface area contributed by atoms with Gasteiger partial charge in [-0.2, -0.15) is 0 Å². The van der Waals surface area contributed by atoms with E-state index >= 15 is 0 Å². The number of nitrogens with zero attached hydrogens (tertiary/aromatic N) is 4. The third-order valence-electron chi connectivity index (χ3n) is 6.50. The van der Waals surface area contributed by atoms with Gasteiger partial charge in [0, 0.05) is 28.6 Å². The van der Waals surface area contributed by atoms with Gasteiger partial charge < -0.3 is 25.0 Å². The van der Waals surface area contributed by atoms with E-state index in [0.29, 0.717) is 28.6 Å². The molecule has 0 bridgehead atoms. The lowest BCUT2D eigenvalue weighted by Crippen LogP contribution is -2.55. The Labute approximate surface area is 229 Å². The number of hydrogen-bond acceptors (Lipinski definition) is 8. The minimum Gasteiger partial charge on any atom is -0.394 e. The minimum absolute atomic E-state index is 0.0457. The van der Waals surface area contributed by atoms with E-state index in [4.69, 9.17) is 27.9 Å². The maximum absolute atomic E-state index is 14.0. The number of rotatable bonds is 6. The lowest BCUT2D eigenvalue weighted by molar-refractivity contribution is -0.178. The van der Waals surface area contributed by atoms with Crippen LogP contribution < -0.4 is 0 Å². The average molecular weight is 587 g/mol. The third-order valence-corrected chi connectivity index (χ3v) is 8.31. The Morgan fingerprint density at radius 2 is 1.84 bits per heavy atom. The molecule has 38 heavy (non-hydrogen) atoms. The van der Waals surface area contributed by atoms with Crippen LogP contribution in [-0.4, -0.2) is 84.6 Å². The molecule has 3 aromatic rings. The van der Waals surface area contributed by atoms with Crippen molar-refractivity contribution in [3.8, 4) is 11.3 Å². The highest BCUT2D eigenvalue weighted by atomic mass is 35.5. The van der Waals surface area contributed by atoms with E-state index in [1.807, 2.05) is 0 Å². The third kappa shape index (κ3) is 5.14. The van der Waals surface area contributed by atoms with Crippen molar-refractivity contribution in [1.29, 1.82) is 0 Å². The molecule has 1 aromatic heterocycles. The van der Waals surface area contributed by atoms with Gasteiger partial charge in [-0.3, -0.25) is 4.79 Å². The van der Waals surface area contributed by atoms with Crippen molar-refractivity contribution >= 4 is 40.9 Å². The fraction of sp³-hybridized carbons (Fsp3) is 0.375. The van der Waals surface area contributed by atoms with Gasteiger partial charge in [-0.05, 0) is 36.8 Å². The monoisotopic (exact) mass is 586 g/mol. The molecule has 9 nitrogen and oxygen atoms in total. The second-order valence-electron chi connectivity index (χ2n) is 8.94. The second-order valence-corrected chi connectivity index (χ2v) is 10.9. The van der Waals surface area contributed by atoms with E-state index in [2.05, 4.69) is 10.3 Å². The first-order valence-electron chi connectivity index (χ1n) is 11.6. The summed E-state index contributed by atoms with van der Waals surface area (Å²) >= 11 is 12.8. The Balaban J connectivity index is 1.44. The van der Waals surface area contributed by atoms with Crippen LogP contribution in [0.25, 0.3) is 11.3 Å². The Morgan fingerprint density at radius 1 is 1.13 bits per heavy atom. The van der Waals surface area contributed by atoms with Gasteiger partial charge in [0.2, 0.25) is 0 Å². The van der Waals surface area contributed by atoms with Crippen molar-refractivity contribution in [2.45, 2.75) is 41.1 Å². The summed E-state index contributed by atoms with van der Waals surface area (Å²) in [5, 5.41) is 39.6. The van der Waals surface area contributed by atoms with Crippen molar-refractivity contribution in [1.82, 2.24) is 19.9 Å². The Morgan fingerprint density at radius 3 is 2.47 bits per heavy atom. The molecule has 5 atom stereocenters. The molecule has 2 aromatic carbocycles. The smallest absolute Gasteiger partial charge is 0.254 e. The molecule has 202 valence electrons. The molecular weight excluding hydrogens is 565 g/mol. The lowest BCUT2D eigenvalue weighted by atomic mass is 9.97. The number of aliphatic hydroxyl groups is 3. The summed E-state index contributed by atoms with van der Waals surface area (Å²) in [6.45, 7) is 0.710. The molecule has 0 spiro atoms. The molecule has 3 N–H and O–H groups in total. The summed E-state index contributed by atoms with van der Waals surface area (Å²) in [5.74, 6) is -2.15. The summed E-state index contributed by atoms with van der Waals surface area (Å²) in [5.41, 5.74) is -0.565. The SMILES string of the molecule is O=C(c1ccc(Cl)cc1S[C@H]1OC(CO)[C@H](O)C(n2cc(-c3cc(F)c(Cl)c(F)c3)nn2)[C@@H]1O)N1CCC1. The van der Waals surface area contributed by atoms with Crippen LogP contribution in [-0.2, 0) is 4.74 Å². The average Bonchev–Trinajstić information content (AvgIpc) is 3.33. The number of aromatic nitrogens is 3. The summed E-state index contributed by atoms with van der Waals surface area (Å²) in [4.78, 5) is 15.1. The molecule has 3 heterocycles. The topological polar surface area (TPSA) is 121 Å². The largest absolute Gasteiger partial charge is 0.394 e. The van der Waals surface area contributed by atoms with Gasteiger partial charge in [0.05, 0.1) is 18.4 Å². The van der Waals surface area contributed by atoms with Gasteiger partial charge in [0.15, 0.2) is 0 Å². The second kappa shape index (κ2) is 11.0. The normalized spacial score (nSPS) is 25.3. The first-order chi connectivity index (χ1) is 18.2. The van der Waals surface area contributed by atoms with Crippen LogP contribution >= 0.6 is 35.0 Å². The van der Waals surface area contributed by atoms with E-state index in [1.54, 1.807) is 23.1 Å². The van der Waals surface area contributed by atoms with Crippen LogP contribution in [0.4, 0.5) is 8.78 Å². The fourth-order valence-electron chi connectivity index (χ4n) is 4.32. The summed E-state index contributed by atoms with van der Waals surface area (Å²) in [6.07, 6.45) is -1.72. The number of likely N-dealkylation sites (tertiary alicyclic amines) is 1. The van der Waals surface area contributed by atoms with E-state index in [0.717, 1.165) is 35.0 Å². The Hall–Kier alpha value is -2.32. The maximum Gasteiger partial charge on any atom is 0.254 e. The number of amides is 1. The number of benzene rings is 2. The highest BCUT2D eigenvalue weighted by Crippen LogP contribution is 2.40. The number of hydrogen-bond donors (Lipinski definition) is 3. The highest BCUT2D eigenvalue weighted by Gasteiger charge is 2.46. The molecule has 5 rings (SSSR count). The summed E-state index contributed by atoms with van der Waals surface area (Å²) < 4.78 is 34.9. The molecule has 2 aliphatic rings. The summed E-state index contributed by atoms with van der Waals surface area (Å²) in [6, 6.07) is 5.60. The zero-order valence-corrected chi connectivity index (χ0v) is 21.9. The Kier molecular flexibility index (Phi) is 7.92. The van der Waals surface area contributed by atoms with E-state index < -0.39 is 53.1 Å². The zero-order chi connectivity index (χ0) is 27.1. The van der Waals surface area contributed by atoms with Crippen LogP contribution in [0, 0.1) is 11.6 Å². The number of ether oxygens (including phenoxy) is 1. The molecule has 2 saturated heterocycles. The zero-order valence-electron chi connectivity index (χ0n) is 19.5. The molecule has 0 radical (unpaired) electrons. The summed E-state index contributed by atoms with van der Waals surface area (Å²) in [7, 11) is 0. The van der Waals surface area contributed by atoms with Crippen molar-refractivity contribution in [2.75, 3.05) is 19.7 Å². The van der Waals surface area contributed by atoms with Gasteiger partial charge in [-0.1, -0.05) is 40.2 Å². The van der Waals surface area contributed by atoms with Crippen molar-refractivity contribution in [3.05, 3.63) is 63.8 Å². The lowest BCUT2D eigenvalue weighted by Gasteiger charge is -2.42. The van der Waals surface area contributed by atoms with Crippen molar-refractivity contribution < 1.29 is 33.6 Å². The van der Waals surface area contributed by atoms with E-state index in [9.17, 15) is 28.9 Å². The predicted octanol–water partition coefficient (Wildman–Crippen LogP) is 3.15. The fourth-order valence-corrected chi connectivity index (χ4v) is 5.89. The molecule has 2 fully saturated rings. The number of aliphatic hydroxyl groups excluding tert-OH is 3. The van der Waals surface area contributed by atoms with Crippen LogP contribution in [0.3, 0.4) is 0 Å². The van der Waals surface area contributed by atoms with Gasteiger partial charge in [-0.25, -0.2) is 13.5 Å². The number of halogens is 4. The minimum atomic E-state index is -1.42. The van der Waals surface area contributed by atoms with Gasteiger partial charge in [-0.15, -0.1) is 5.10 Å². The molecule has 2 aliphatic heterocycles. The van der Waals surface area contributed by atoms with E-state index in [-0.39, 0.29) is 17.2 Å². The maximum atomic E-state index is 14.0. The molecule has 0 saturated carbocycles. The number of carbonyl (C=O) groups excluding carboxylic acids is 1. The number of thioether (sulfide) groups is 1. The van der Waals surface area contributed by atoms with Crippen LogP contribution in [0.5, 0.6) is 0 Å². The highest BCUT2D eigenvalue weighted by molar-refractivity contribution is 8.00. The molecular formula is C24H22Cl2F2N4O5S.